The molecule has 122 valence electrons. The van der Waals surface area contributed by atoms with Gasteiger partial charge in [0.25, 0.3) is 5.91 Å². The molecule has 0 bridgehead atoms. The third-order valence-corrected chi connectivity index (χ3v) is 4.03. The molecule has 6 nitrogen and oxygen atoms in total. The molecular weight excluding hydrogens is 294 g/mol. The van der Waals surface area contributed by atoms with Crippen molar-refractivity contribution in [2.75, 3.05) is 19.7 Å². The van der Waals surface area contributed by atoms with Crippen molar-refractivity contribution in [3.05, 3.63) is 42.0 Å². The number of rotatable bonds is 5. The highest BCUT2D eigenvalue weighted by Crippen LogP contribution is 2.25. The maximum absolute atomic E-state index is 12.3. The summed E-state index contributed by atoms with van der Waals surface area (Å²) >= 11 is 0. The van der Waals surface area contributed by atoms with Crippen LogP contribution in [0.2, 0.25) is 0 Å². The third kappa shape index (κ3) is 3.88. The summed E-state index contributed by atoms with van der Waals surface area (Å²) in [5.74, 6) is 2.18. The van der Waals surface area contributed by atoms with Crippen LogP contribution in [0.3, 0.4) is 0 Å². The van der Waals surface area contributed by atoms with E-state index in [0.717, 1.165) is 31.6 Å². The molecular formula is C17H21N3O3. The van der Waals surface area contributed by atoms with E-state index in [1.165, 1.54) is 0 Å². The Balaban J connectivity index is 1.56. The van der Waals surface area contributed by atoms with Crippen LogP contribution in [-0.2, 0) is 11.2 Å². The molecule has 1 aromatic carbocycles. The number of ether oxygens (including phenoxy) is 1. The van der Waals surface area contributed by atoms with Gasteiger partial charge in [-0.15, -0.1) is 0 Å². The average molecular weight is 315 g/mol. The number of nitrogens with zero attached hydrogens (tertiary/aromatic N) is 3. The van der Waals surface area contributed by atoms with Gasteiger partial charge in [0.2, 0.25) is 5.89 Å². The van der Waals surface area contributed by atoms with Gasteiger partial charge in [-0.05, 0) is 25.0 Å². The monoisotopic (exact) mass is 315 g/mol. The Morgan fingerprint density at radius 2 is 2.22 bits per heavy atom. The van der Waals surface area contributed by atoms with Gasteiger partial charge in [0.15, 0.2) is 12.4 Å². The highest BCUT2D eigenvalue weighted by atomic mass is 16.5. The van der Waals surface area contributed by atoms with Crippen LogP contribution in [0, 0.1) is 0 Å². The lowest BCUT2D eigenvalue weighted by molar-refractivity contribution is -0.134. The first-order valence-electron chi connectivity index (χ1n) is 8.04. The SMILES string of the molecule is CCc1noc([C@@H]2CCCN(C(=O)COc3ccccc3)C2)n1. The number of carbonyl (C=O) groups is 1. The zero-order valence-electron chi connectivity index (χ0n) is 13.3. The zero-order chi connectivity index (χ0) is 16.1. The molecule has 1 amide bonds. The molecule has 0 unspecified atom stereocenters. The average Bonchev–Trinajstić information content (AvgIpc) is 3.10. The quantitative estimate of drug-likeness (QED) is 0.847. The maximum Gasteiger partial charge on any atom is 0.260 e. The van der Waals surface area contributed by atoms with Crippen LogP contribution in [0.1, 0.15) is 37.4 Å². The first-order chi connectivity index (χ1) is 11.3. The standard InChI is InChI=1S/C17H21N3O3/c1-2-15-18-17(23-19-15)13-7-6-10-20(11-13)16(21)12-22-14-8-4-3-5-9-14/h3-5,8-9,13H,2,6-7,10-12H2,1H3/t13-/m1/s1. The van der Waals surface area contributed by atoms with Crippen molar-refractivity contribution in [1.82, 2.24) is 15.0 Å². The number of aromatic nitrogens is 2. The first kappa shape index (κ1) is 15.5. The fourth-order valence-electron chi connectivity index (χ4n) is 2.74. The summed E-state index contributed by atoms with van der Waals surface area (Å²) in [4.78, 5) is 18.6. The molecule has 1 aliphatic heterocycles. The molecule has 0 spiro atoms. The molecule has 1 fully saturated rings. The van der Waals surface area contributed by atoms with E-state index in [0.29, 0.717) is 18.2 Å². The Morgan fingerprint density at radius 3 is 2.96 bits per heavy atom. The van der Waals surface area contributed by atoms with Crippen LogP contribution in [0.5, 0.6) is 5.75 Å². The Morgan fingerprint density at radius 1 is 1.39 bits per heavy atom. The van der Waals surface area contributed by atoms with Crippen molar-refractivity contribution in [3.8, 4) is 5.75 Å². The second-order valence-electron chi connectivity index (χ2n) is 5.68. The number of likely N-dealkylation sites (tertiary alicyclic amines) is 1. The first-order valence-corrected chi connectivity index (χ1v) is 8.04. The van der Waals surface area contributed by atoms with Crippen LogP contribution in [0.25, 0.3) is 0 Å². The Bertz CT molecular complexity index is 642. The normalized spacial score (nSPS) is 18.0. The van der Waals surface area contributed by atoms with Crippen LogP contribution < -0.4 is 4.74 Å². The summed E-state index contributed by atoms with van der Waals surface area (Å²) in [6, 6.07) is 9.38. The summed E-state index contributed by atoms with van der Waals surface area (Å²) in [7, 11) is 0. The molecule has 0 saturated carbocycles. The molecule has 2 aromatic rings. The Kier molecular flexibility index (Phi) is 4.90. The summed E-state index contributed by atoms with van der Waals surface area (Å²) in [5.41, 5.74) is 0. The van der Waals surface area contributed by atoms with Crippen molar-refractivity contribution < 1.29 is 14.1 Å². The molecule has 0 radical (unpaired) electrons. The van der Waals surface area contributed by atoms with Gasteiger partial charge in [0, 0.05) is 19.5 Å². The lowest BCUT2D eigenvalue weighted by atomic mass is 9.98. The number of amides is 1. The second kappa shape index (κ2) is 7.26. The van der Waals surface area contributed by atoms with Crippen LogP contribution >= 0.6 is 0 Å². The lowest BCUT2D eigenvalue weighted by Gasteiger charge is -2.30. The topological polar surface area (TPSA) is 68.5 Å². The van der Waals surface area contributed by atoms with Gasteiger partial charge in [0.1, 0.15) is 5.75 Å². The summed E-state index contributed by atoms with van der Waals surface area (Å²) < 4.78 is 10.9. The van der Waals surface area contributed by atoms with Crippen molar-refractivity contribution >= 4 is 5.91 Å². The minimum atomic E-state index is -0.00576. The van der Waals surface area contributed by atoms with E-state index in [2.05, 4.69) is 10.1 Å². The van der Waals surface area contributed by atoms with E-state index in [1.807, 2.05) is 42.2 Å². The molecule has 1 saturated heterocycles. The fraction of sp³-hybridized carbons (Fsp3) is 0.471. The number of benzene rings is 1. The number of hydrogen-bond donors (Lipinski definition) is 0. The molecule has 23 heavy (non-hydrogen) atoms. The Hall–Kier alpha value is -2.37. The van der Waals surface area contributed by atoms with Crippen molar-refractivity contribution in [2.45, 2.75) is 32.1 Å². The van der Waals surface area contributed by atoms with E-state index in [4.69, 9.17) is 9.26 Å². The van der Waals surface area contributed by atoms with E-state index in [9.17, 15) is 4.79 Å². The van der Waals surface area contributed by atoms with Gasteiger partial charge in [-0.25, -0.2) is 0 Å². The highest BCUT2D eigenvalue weighted by molar-refractivity contribution is 5.78. The smallest absolute Gasteiger partial charge is 0.260 e. The maximum atomic E-state index is 12.3. The number of carbonyl (C=O) groups excluding carboxylic acids is 1. The lowest BCUT2D eigenvalue weighted by Crippen LogP contribution is -2.41. The van der Waals surface area contributed by atoms with Gasteiger partial charge in [0.05, 0.1) is 5.92 Å². The minimum Gasteiger partial charge on any atom is -0.484 e. The van der Waals surface area contributed by atoms with E-state index in [-0.39, 0.29) is 18.4 Å². The fourth-order valence-corrected chi connectivity index (χ4v) is 2.74. The van der Waals surface area contributed by atoms with E-state index in [1.54, 1.807) is 0 Å². The van der Waals surface area contributed by atoms with Crippen LogP contribution in [0.15, 0.2) is 34.9 Å². The molecule has 0 aliphatic carbocycles. The van der Waals surface area contributed by atoms with Crippen molar-refractivity contribution in [1.29, 1.82) is 0 Å². The molecule has 1 aromatic heterocycles. The predicted octanol–water partition coefficient (Wildman–Crippen LogP) is 2.42. The minimum absolute atomic E-state index is 0.00576. The number of hydrogen-bond acceptors (Lipinski definition) is 5. The number of aryl methyl sites for hydroxylation is 1. The summed E-state index contributed by atoms with van der Waals surface area (Å²) in [6.45, 7) is 3.41. The van der Waals surface area contributed by atoms with Gasteiger partial charge in [-0.1, -0.05) is 30.3 Å². The van der Waals surface area contributed by atoms with E-state index >= 15 is 0 Å². The van der Waals surface area contributed by atoms with Crippen LogP contribution in [-0.4, -0.2) is 40.6 Å². The molecule has 0 N–H and O–H groups in total. The van der Waals surface area contributed by atoms with Crippen LogP contribution in [0.4, 0.5) is 0 Å². The van der Waals surface area contributed by atoms with E-state index < -0.39 is 0 Å². The van der Waals surface area contributed by atoms with Gasteiger partial charge in [-0.3, -0.25) is 4.79 Å². The second-order valence-corrected chi connectivity index (χ2v) is 5.68. The zero-order valence-corrected chi connectivity index (χ0v) is 13.3. The van der Waals surface area contributed by atoms with Crippen molar-refractivity contribution in [3.63, 3.8) is 0 Å². The predicted molar refractivity (Wildman–Crippen MR) is 84.2 cm³/mol. The number of para-hydroxylation sites is 1. The highest BCUT2D eigenvalue weighted by Gasteiger charge is 2.28. The Labute approximate surface area is 135 Å². The summed E-state index contributed by atoms with van der Waals surface area (Å²) in [6.07, 6.45) is 2.66. The molecule has 2 heterocycles. The number of piperidine rings is 1. The molecule has 1 atom stereocenters. The van der Waals surface area contributed by atoms with Gasteiger partial charge >= 0.3 is 0 Å². The van der Waals surface area contributed by atoms with Crippen molar-refractivity contribution in [2.24, 2.45) is 0 Å². The largest absolute Gasteiger partial charge is 0.484 e. The van der Waals surface area contributed by atoms with Gasteiger partial charge < -0.3 is 14.2 Å². The summed E-state index contributed by atoms with van der Waals surface area (Å²) in [5, 5.41) is 3.94. The third-order valence-electron chi connectivity index (χ3n) is 4.03. The molecule has 1 aliphatic rings. The van der Waals surface area contributed by atoms with Gasteiger partial charge in [-0.2, -0.15) is 4.98 Å². The molecule has 3 rings (SSSR count). The molecule has 6 heteroatoms.